The molecule has 4 aliphatic rings. The first kappa shape index (κ1) is 15.5. The molecule has 0 saturated carbocycles. The Morgan fingerprint density at radius 3 is 2.96 bits per heavy atom. The fraction of sp³-hybridized carbons (Fsp3) is 0.842. The summed E-state index contributed by atoms with van der Waals surface area (Å²) in [5.41, 5.74) is 1.57. The molecular weight excluding hydrogens is 286 g/mol. The largest absolute Gasteiger partial charge is 0.336 e. The number of nitrogens with one attached hydrogen (secondary N) is 1. The molecule has 1 aliphatic carbocycles. The van der Waals surface area contributed by atoms with E-state index >= 15 is 0 Å². The molecule has 4 heteroatoms. The number of nitrogens with zero attached hydrogens (tertiary/aromatic N) is 2. The second-order valence-electron chi connectivity index (χ2n) is 8.31. The maximum absolute atomic E-state index is 12.7. The lowest BCUT2D eigenvalue weighted by molar-refractivity contribution is 0.00776. The lowest BCUT2D eigenvalue weighted by Gasteiger charge is -2.54. The van der Waals surface area contributed by atoms with Crippen LogP contribution in [0.4, 0.5) is 4.79 Å². The van der Waals surface area contributed by atoms with Crippen molar-refractivity contribution in [1.82, 2.24) is 15.1 Å². The fourth-order valence-corrected chi connectivity index (χ4v) is 5.53. The number of carbonyl (C=O) groups is 1. The molecule has 3 saturated heterocycles. The average molecular weight is 317 g/mol. The molecule has 4 rings (SSSR count). The second kappa shape index (κ2) is 6.12. The average Bonchev–Trinajstić information content (AvgIpc) is 2.54. The smallest absolute Gasteiger partial charge is 0.318 e. The molecule has 23 heavy (non-hydrogen) atoms. The Morgan fingerprint density at radius 1 is 1.26 bits per heavy atom. The number of urea groups is 1. The van der Waals surface area contributed by atoms with Crippen LogP contribution in [0, 0.1) is 11.8 Å². The second-order valence-corrected chi connectivity index (χ2v) is 8.31. The third-order valence-electron chi connectivity index (χ3n) is 6.33. The molecule has 4 atom stereocenters. The first-order valence-electron chi connectivity index (χ1n) is 9.65. The van der Waals surface area contributed by atoms with Crippen LogP contribution in [-0.2, 0) is 0 Å². The molecule has 3 aliphatic heterocycles. The maximum atomic E-state index is 12.7. The standard InChI is InChI=1S/C19H31N3O/c1-13(2)20-19(23)22-9-5-6-14-10-15-11-16(18(14)22)12-21-8-4-3-7-17(15)21/h10,13,15-18H,3-9,11-12H2,1-2H3,(H,20,23)/t15-,16+,17-,18-/m1/s1. The van der Waals surface area contributed by atoms with Crippen LogP contribution in [0.2, 0.25) is 0 Å². The summed E-state index contributed by atoms with van der Waals surface area (Å²) in [5, 5.41) is 3.12. The number of amides is 2. The lowest BCUT2D eigenvalue weighted by atomic mass is 9.68. The molecule has 0 aromatic heterocycles. The van der Waals surface area contributed by atoms with E-state index in [1.807, 2.05) is 0 Å². The summed E-state index contributed by atoms with van der Waals surface area (Å²) in [6.45, 7) is 7.49. The number of hydrogen-bond donors (Lipinski definition) is 1. The molecule has 1 N–H and O–H groups in total. The van der Waals surface area contributed by atoms with Crippen molar-refractivity contribution >= 4 is 6.03 Å². The van der Waals surface area contributed by atoms with Crippen LogP contribution in [0.1, 0.15) is 52.4 Å². The molecule has 128 valence electrons. The van der Waals surface area contributed by atoms with Crippen LogP contribution < -0.4 is 5.32 Å². The Labute approximate surface area is 140 Å². The number of hydrogen-bond acceptors (Lipinski definition) is 2. The summed E-state index contributed by atoms with van der Waals surface area (Å²) in [6.07, 6.45) is 10.3. The van der Waals surface area contributed by atoms with Gasteiger partial charge in [0.25, 0.3) is 0 Å². The zero-order valence-corrected chi connectivity index (χ0v) is 14.6. The summed E-state index contributed by atoms with van der Waals surface area (Å²) < 4.78 is 0. The van der Waals surface area contributed by atoms with E-state index in [2.05, 4.69) is 35.0 Å². The van der Waals surface area contributed by atoms with Crippen LogP contribution in [0.5, 0.6) is 0 Å². The van der Waals surface area contributed by atoms with E-state index in [9.17, 15) is 4.79 Å². The molecule has 0 radical (unpaired) electrons. The Bertz CT molecular complexity index is 501. The number of fused-ring (bicyclic) bond motifs is 6. The minimum atomic E-state index is 0.148. The summed E-state index contributed by atoms with van der Waals surface area (Å²) in [4.78, 5) is 17.6. The van der Waals surface area contributed by atoms with Gasteiger partial charge in [0.05, 0.1) is 6.04 Å². The van der Waals surface area contributed by atoms with Crippen molar-refractivity contribution in [2.45, 2.75) is 70.5 Å². The molecule has 0 unspecified atom stereocenters. The van der Waals surface area contributed by atoms with Crippen LogP contribution in [-0.4, -0.2) is 53.6 Å². The molecule has 3 heterocycles. The van der Waals surface area contributed by atoms with Gasteiger partial charge >= 0.3 is 6.03 Å². The van der Waals surface area contributed by atoms with Crippen molar-refractivity contribution in [3.8, 4) is 0 Å². The van der Waals surface area contributed by atoms with Crippen LogP contribution >= 0.6 is 0 Å². The van der Waals surface area contributed by atoms with Gasteiger partial charge in [-0.1, -0.05) is 18.1 Å². The normalized spacial score (nSPS) is 37.0. The van der Waals surface area contributed by atoms with E-state index in [0.717, 1.165) is 24.9 Å². The molecule has 4 nitrogen and oxygen atoms in total. The van der Waals surface area contributed by atoms with Gasteiger partial charge in [0.1, 0.15) is 0 Å². The zero-order valence-electron chi connectivity index (χ0n) is 14.6. The summed E-state index contributed by atoms with van der Waals surface area (Å²) in [6, 6.07) is 1.51. The minimum Gasteiger partial charge on any atom is -0.336 e. The van der Waals surface area contributed by atoms with E-state index in [-0.39, 0.29) is 12.1 Å². The molecule has 0 aromatic carbocycles. The van der Waals surface area contributed by atoms with Gasteiger partial charge < -0.3 is 10.2 Å². The minimum absolute atomic E-state index is 0.148. The fourth-order valence-electron chi connectivity index (χ4n) is 5.53. The van der Waals surface area contributed by atoms with Gasteiger partial charge in [0, 0.05) is 25.2 Å². The molecule has 2 amide bonds. The highest BCUT2D eigenvalue weighted by molar-refractivity contribution is 5.75. The highest BCUT2D eigenvalue weighted by Crippen LogP contribution is 2.44. The van der Waals surface area contributed by atoms with E-state index in [0.29, 0.717) is 12.0 Å². The van der Waals surface area contributed by atoms with E-state index < -0.39 is 0 Å². The maximum Gasteiger partial charge on any atom is 0.318 e. The van der Waals surface area contributed by atoms with Gasteiger partial charge in [-0.15, -0.1) is 0 Å². The number of carbonyl (C=O) groups excluding carboxylic acids is 1. The van der Waals surface area contributed by atoms with Crippen LogP contribution in [0.3, 0.4) is 0 Å². The topological polar surface area (TPSA) is 35.6 Å². The quantitative estimate of drug-likeness (QED) is 0.755. The first-order valence-corrected chi connectivity index (χ1v) is 9.65. The summed E-state index contributed by atoms with van der Waals surface area (Å²) in [7, 11) is 0. The zero-order chi connectivity index (χ0) is 16.0. The van der Waals surface area contributed by atoms with Crippen molar-refractivity contribution in [3.05, 3.63) is 11.6 Å². The lowest BCUT2D eigenvalue weighted by Crippen LogP contribution is -2.61. The van der Waals surface area contributed by atoms with Gasteiger partial charge in [-0.05, 0) is 64.3 Å². The molecular formula is C19H31N3O. The molecule has 2 bridgehead atoms. The first-order chi connectivity index (χ1) is 11.1. The Kier molecular flexibility index (Phi) is 4.12. The van der Waals surface area contributed by atoms with E-state index in [4.69, 9.17) is 0 Å². The Balaban J connectivity index is 1.59. The number of likely N-dealkylation sites (tertiary alicyclic amines) is 1. The highest BCUT2D eigenvalue weighted by Gasteiger charge is 2.46. The molecule has 0 aromatic rings. The Hall–Kier alpha value is -1.03. The van der Waals surface area contributed by atoms with Crippen molar-refractivity contribution in [1.29, 1.82) is 0 Å². The summed E-state index contributed by atoms with van der Waals surface area (Å²) >= 11 is 0. The van der Waals surface area contributed by atoms with Gasteiger partial charge in [-0.2, -0.15) is 0 Å². The monoisotopic (exact) mass is 317 g/mol. The van der Waals surface area contributed by atoms with E-state index in [1.54, 1.807) is 5.57 Å². The van der Waals surface area contributed by atoms with Gasteiger partial charge in [-0.3, -0.25) is 4.90 Å². The molecule has 3 fully saturated rings. The highest BCUT2D eigenvalue weighted by atomic mass is 16.2. The third-order valence-corrected chi connectivity index (χ3v) is 6.33. The van der Waals surface area contributed by atoms with Crippen molar-refractivity contribution in [2.75, 3.05) is 19.6 Å². The van der Waals surface area contributed by atoms with Crippen molar-refractivity contribution in [3.63, 3.8) is 0 Å². The van der Waals surface area contributed by atoms with Crippen LogP contribution in [0.25, 0.3) is 0 Å². The summed E-state index contributed by atoms with van der Waals surface area (Å²) in [5.74, 6) is 1.39. The van der Waals surface area contributed by atoms with Gasteiger partial charge in [-0.25, -0.2) is 4.79 Å². The number of rotatable bonds is 1. The van der Waals surface area contributed by atoms with Crippen molar-refractivity contribution in [2.24, 2.45) is 11.8 Å². The Morgan fingerprint density at radius 2 is 2.13 bits per heavy atom. The predicted octanol–water partition coefficient (Wildman–Crippen LogP) is 3.00. The molecule has 0 spiro atoms. The van der Waals surface area contributed by atoms with Gasteiger partial charge in [0.15, 0.2) is 0 Å². The van der Waals surface area contributed by atoms with Crippen LogP contribution in [0.15, 0.2) is 11.6 Å². The predicted molar refractivity (Wildman–Crippen MR) is 92.3 cm³/mol. The third kappa shape index (κ3) is 2.79. The SMILES string of the molecule is CC(C)NC(=O)N1CCCC2=C[C@@H]3C[C@@H](CN4CCCC[C@H]34)[C@@H]21. The van der Waals surface area contributed by atoms with Crippen molar-refractivity contribution < 1.29 is 4.79 Å². The van der Waals surface area contributed by atoms with E-state index in [1.165, 1.54) is 45.2 Å². The number of piperidine rings is 3. The van der Waals surface area contributed by atoms with Gasteiger partial charge in [0.2, 0.25) is 0 Å².